The quantitative estimate of drug-likeness (QED) is 0.408. The molecular weight excluding hydrogens is 280 g/mol. The molecule has 1 aromatic carbocycles. The lowest BCUT2D eigenvalue weighted by Crippen LogP contribution is -2.27. The second-order valence-electron chi connectivity index (χ2n) is 4.22. The van der Waals surface area contributed by atoms with E-state index >= 15 is 0 Å². The molecule has 0 radical (unpaired) electrons. The standard InChI is InChI=1S/C14H14O7/c1-8(15)12(7-13(18)19)21-14(20)5-3-9-2-4-10(16)11(17)6-9/h2-6,12,16-17H,7H2,1H3,(H,18,19)/b5-3+. The first-order valence-electron chi connectivity index (χ1n) is 5.92. The van der Waals surface area contributed by atoms with Crippen molar-refractivity contribution in [1.82, 2.24) is 0 Å². The molecule has 0 spiro atoms. The molecule has 112 valence electrons. The van der Waals surface area contributed by atoms with Crippen LogP contribution in [0.1, 0.15) is 18.9 Å². The van der Waals surface area contributed by atoms with E-state index in [0.717, 1.165) is 13.0 Å². The molecule has 0 bridgehead atoms. The van der Waals surface area contributed by atoms with Crippen molar-refractivity contribution < 1.29 is 34.4 Å². The molecule has 1 rings (SSSR count). The smallest absolute Gasteiger partial charge is 0.331 e. The molecule has 21 heavy (non-hydrogen) atoms. The van der Waals surface area contributed by atoms with Crippen LogP contribution < -0.4 is 0 Å². The van der Waals surface area contributed by atoms with Crippen LogP contribution in [0.5, 0.6) is 11.5 Å². The molecule has 0 aliphatic carbocycles. The Hall–Kier alpha value is -2.83. The molecular formula is C14H14O7. The Kier molecular flexibility index (Phi) is 5.48. The maximum atomic E-state index is 11.5. The number of aromatic hydroxyl groups is 2. The van der Waals surface area contributed by atoms with E-state index in [4.69, 9.17) is 14.9 Å². The van der Waals surface area contributed by atoms with Gasteiger partial charge in [0.1, 0.15) is 0 Å². The van der Waals surface area contributed by atoms with Gasteiger partial charge in [0, 0.05) is 6.08 Å². The van der Waals surface area contributed by atoms with Crippen molar-refractivity contribution in [2.75, 3.05) is 0 Å². The topological polar surface area (TPSA) is 121 Å². The third-order valence-electron chi connectivity index (χ3n) is 2.48. The number of Topliss-reactive ketones (excluding diaryl/α,β-unsaturated/α-hetero) is 1. The summed E-state index contributed by atoms with van der Waals surface area (Å²) < 4.78 is 4.73. The third kappa shape index (κ3) is 5.35. The molecule has 7 heteroatoms. The first-order valence-corrected chi connectivity index (χ1v) is 5.92. The van der Waals surface area contributed by atoms with Gasteiger partial charge in [0.15, 0.2) is 23.4 Å². The second kappa shape index (κ2) is 7.09. The highest BCUT2D eigenvalue weighted by atomic mass is 16.5. The number of carboxylic acids is 1. The molecule has 0 saturated carbocycles. The van der Waals surface area contributed by atoms with Crippen molar-refractivity contribution >= 4 is 23.8 Å². The molecule has 0 aliphatic rings. The van der Waals surface area contributed by atoms with Crippen LogP contribution in [0, 0.1) is 0 Å². The summed E-state index contributed by atoms with van der Waals surface area (Å²) in [4.78, 5) is 33.2. The summed E-state index contributed by atoms with van der Waals surface area (Å²) in [5.41, 5.74) is 0.417. The summed E-state index contributed by atoms with van der Waals surface area (Å²) in [6.07, 6.45) is 0.339. The number of carbonyl (C=O) groups excluding carboxylic acids is 2. The largest absolute Gasteiger partial charge is 0.504 e. The van der Waals surface area contributed by atoms with Crippen molar-refractivity contribution in [1.29, 1.82) is 0 Å². The van der Waals surface area contributed by atoms with Crippen LogP contribution in [0.4, 0.5) is 0 Å². The molecule has 0 saturated heterocycles. The number of esters is 1. The van der Waals surface area contributed by atoms with Crippen molar-refractivity contribution in [3.63, 3.8) is 0 Å². The fourth-order valence-electron chi connectivity index (χ4n) is 1.41. The van der Waals surface area contributed by atoms with Crippen LogP contribution >= 0.6 is 0 Å². The van der Waals surface area contributed by atoms with E-state index < -0.39 is 30.2 Å². The Morgan fingerprint density at radius 3 is 2.43 bits per heavy atom. The predicted octanol–water partition coefficient (Wildman–Crippen LogP) is 1.09. The van der Waals surface area contributed by atoms with Gasteiger partial charge in [-0.25, -0.2) is 4.79 Å². The first kappa shape index (κ1) is 16.2. The van der Waals surface area contributed by atoms with Gasteiger partial charge in [-0.2, -0.15) is 0 Å². The second-order valence-corrected chi connectivity index (χ2v) is 4.22. The summed E-state index contributed by atoms with van der Waals surface area (Å²) in [5.74, 6) is -3.35. The normalized spacial score (nSPS) is 12.0. The summed E-state index contributed by atoms with van der Waals surface area (Å²) in [5, 5.41) is 27.0. The Morgan fingerprint density at radius 2 is 1.90 bits per heavy atom. The van der Waals surface area contributed by atoms with Gasteiger partial charge in [-0.3, -0.25) is 9.59 Å². The number of ketones is 1. The number of hydrogen-bond acceptors (Lipinski definition) is 6. The number of benzene rings is 1. The number of ether oxygens (including phenoxy) is 1. The highest BCUT2D eigenvalue weighted by Crippen LogP contribution is 2.25. The minimum atomic E-state index is -1.34. The van der Waals surface area contributed by atoms with Crippen LogP contribution in [-0.2, 0) is 19.1 Å². The Balaban J connectivity index is 2.70. The first-order chi connectivity index (χ1) is 9.79. The third-order valence-corrected chi connectivity index (χ3v) is 2.48. The molecule has 1 unspecified atom stereocenters. The Labute approximate surface area is 120 Å². The van der Waals surface area contributed by atoms with E-state index in [1.54, 1.807) is 0 Å². The highest BCUT2D eigenvalue weighted by Gasteiger charge is 2.21. The number of carboxylic acid groups (broad SMARTS) is 1. The molecule has 1 aromatic rings. The summed E-state index contributed by atoms with van der Waals surface area (Å²) in [7, 11) is 0. The number of phenolic OH excluding ortho intramolecular Hbond substituents is 2. The average molecular weight is 294 g/mol. The summed E-state index contributed by atoms with van der Waals surface area (Å²) >= 11 is 0. The van der Waals surface area contributed by atoms with Crippen molar-refractivity contribution in [3.05, 3.63) is 29.8 Å². The van der Waals surface area contributed by atoms with E-state index in [2.05, 4.69) is 0 Å². The summed E-state index contributed by atoms with van der Waals surface area (Å²) in [6, 6.07) is 3.90. The highest BCUT2D eigenvalue weighted by molar-refractivity contribution is 5.92. The number of aliphatic carboxylic acids is 1. The van der Waals surface area contributed by atoms with Gasteiger partial charge in [-0.05, 0) is 30.7 Å². The van der Waals surface area contributed by atoms with E-state index in [-0.39, 0.29) is 11.5 Å². The molecule has 0 aromatic heterocycles. The fraction of sp³-hybridized carbons (Fsp3) is 0.214. The molecule has 0 heterocycles. The van der Waals surface area contributed by atoms with Gasteiger partial charge >= 0.3 is 11.9 Å². The maximum Gasteiger partial charge on any atom is 0.331 e. The molecule has 0 fully saturated rings. The van der Waals surface area contributed by atoms with Crippen LogP contribution in [0.3, 0.4) is 0 Å². The predicted molar refractivity (Wildman–Crippen MR) is 71.6 cm³/mol. The minimum absolute atomic E-state index is 0.298. The molecule has 1 atom stereocenters. The van der Waals surface area contributed by atoms with Crippen molar-refractivity contribution in [2.45, 2.75) is 19.4 Å². The lowest BCUT2D eigenvalue weighted by atomic mass is 10.2. The van der Waals surface area contributed by atoms with Crippen molar-refractivity contribution in [3.8, 4) is 11.5 Å². The van der Waals surface area contributed by atoms with E-state index in [0.29, 0.717) is 5.56 Å². The van der Waals surface area contributed by atoms with Crippen LogP contribution in [0.15, 0.2) is 24.3 Å². The van der Waals surface area contributed by atoms with Gasteiger partial charge in [-0.1, -0.05) is 6.07 Å². The fourth-order valence-corrected chi connectivity index (χ4v) is 1.41. The monoisotopic (exact) mass is 294 g/mol. The van der Waals surface area contributed by atoms with Gasteiger partial charge in [-0.15, -0.1) is 0 Å². The van der Waals surface area contributed by atoms with Gasteiger partial charge in [0.2, 0.25) is 0 Å². The summed E-state index contributed by atoms with van der Waals surface area (Å²) in [6.45, 7) is 1.13. The van der Waals surface area contributed by atoms with Gasteiger partial charge in [0.25, 0.3) is 0 Å². The van der Waals surface area contributed by atoms with E-state index in [9.17, 15) is 19.5 Å². The van der Waals surface area contributed by atoms with Crippen LogP contribution in [0.25, 0.3) is 6.08 Å². The zero-order chi connectivity index (χ0) is 16.0. The van der Waals surface area contributed by atoms with E-state index in [1.165, 1.54) is 24.3 Å². The Bertz CT molecular complexity index is 589. The van der Waals surface area contributed by atoms with E-state index in [1.807, 2.05) is 0 Å². The SMILES string of the molecule is CC(=O)C(CC(=O)O)OC(=O)/C=C/c1ccc(O)c(O)c1. The lowest BCUT2D eigenvalue weighted by Gasteiger charge is -2.11. The molecule has 0 amide bonds. The van der Waals surface area contributed by atoms with Crippen LogP contribution in [0.2, 0.25) is 0 Å². The minimum Gasteiger partial charge on any atom is -0.504 e. The number of hydrogen-bond donors (Lipinski definition) is 3. The zero-order valence-electron chi connectivity index (χ0n) is 11.1. The molecule has 3 N–H and O–H groups in total. The molecule has 0 aliphatic heterocycles. The zero-order valence-corrected chi connectivity index (χ0v) is 11.1. The van der Waals surface area contributed by atoms with Crippen LogP contribution in [-0.4, -0.2) is 39.1 Å². The Morgan fingerprint density at radius 1 is 1.24 bits per heavy atom. The van der Waals surface area contributed by atoms with Gasteiger partial charge < -0.3 is 20.1 Å². The van der Waals surface area contributed by atoms with Gasteiger partial charge in [0.05, 0.1) is 6.42 Å². The van der Waals surface area contributed by atoms with Crippen molar-refractivity contribution in [2.24, 2.45) is 0 Å². The number of phenols is 2. The molecule has 7 nitrogen and oxygen atoms in total. The maximum absolute atomic E-state index is 11.5. The average Bonchev–Trinajstić information content (AvgIpc) is 2.38. The lowest BCUT2D eigenvalue weighted by molar-refractivity contribution is -0.154. The number of rotatable bonds is 6. The number of carbonyl (C=O) groups is 3.